The molecule has 1 aliphatic rings. The molecule has 1 aromatic heterocycles. The standard InChI is InChI=1S/C19H21F3N2O4S/c20-19(21,22)16-2-1-8-23-18(16)29(27)15-7-9-24(10-15)17(26)12-28-14-5-3-13(11-25)4-6-14/h1-6,8,15,17,25-26H,7,9-12H2/t15-,17?,29-/m0/s1. The first kappa shape index (κ1) is 21.7. The minimum absolute atomic E-state index is 0.0464. The van der Waals surface area contributed by atoms with E-state index in [1.165, 1.54) is 12.3 Å². The van der Waals surface area contributed by atoms with Crippen molar-refractivity contribution in [2.24, 2.45) is 0 Å². The number of hydrogen-bond donors (Lipinski definition) is 2. The lowest BCUT2D eigenvalue weighted by atomic mass is 10.2. The Bertz CT molecular complexity index is 848. The molecule has 3 rings (SSSR count). The van der Waals surface area contributed by atoms with Crippen molar-refractivity contribution in [2.75, 3.05) is 19.7 Å². The lowest BCUT2D eigenvalue weighted by Crippen LogP contribution is -2.38. The Hall–Kier alpha value is -2.01. The fraction of sp³-hybridized carbons (Fsp3) is 0.421. The molecule has 1 aromatic carbocycles. The maximum absolute atomic E-state index is 13.2. The maximum atomic E-state index is 13.2. The molecule has 0 bridgehead atoms. The summed E-state index contributed by atoms with van der Waals surface area (Å²) in [5.41, 5.74) is -0.262. The number of likely N-dealkylation sites (tertiary alicyclic amines) is 1. The molecule has 1 saturated heterocycles. The van der Waals surface area contributed by atoms with Crippen molar-refractivity contribution in [1.29, 1.82) is 0 Å². The normalized spacial score (nSPS) is 19.8. The van der Waals surface area contributed by atoms with Gasteiger partial charge in [-0.25, -0.2) is 4.98 Å². The highest BCUT2D eigenvalue weighted by Crippen LogP contribution is 2.34. The van der Waals surface area contributed by atoms with Crippen LogP contribution in [0.2, 0.25) is 0 Å². The molecule has 0 aliphatic carbocycles. The molecule has 2 aromatic rings. The van der Waals surface area contributed by atoms with Crippen LogP contribution in [0.25, 0.3) is 0 Å². The summed E-state index contributed by atoms with van der Waals surface area (Å²) in [6.45, 7) is 0.434. The SMILES string of the molecule is O=[S@](c1ncccc1C(F)(F)F)[C@H]1CCN(C(O)COc2ccc(CO)cc2)C1. The number of aliphatic hydroxyl groups excluding tert-OH is 2. The lowest BCUT2D eigenvalue weighted by molar-refractivity contribution is -0.140. The van der Waals surface area contributed by atoms with Gasteiger partial charge < -0.3 is 14.9 Å². The van der Waals surface area contributed by atoms with E-state index in [1.54, 1.807) is 29.2 Å². The molecule has 0 amide bonds. The van der Waals surface area contributed by atoms with Gasteiger partial charge in [-0.05, 0) is 36.2 Å². The molecule has 29 heavy (non-hydrogen) atoms. The van der Waals surface area contributed by atoms with Crippen LogP contribution in [0.15, 0.2) is 47.6 Å². The van der Waals surface area contributed by atoms with Gasteiger partial charge in [0.05, 0.1) is 28.2 Å². The number of benzene rings is 1. The number of pyridine rings is 1. The summed E-state index contributed by atoms with van der Waals surface area (Å²) in [5.74, 6) is 0.517. The van der Waals surface area contributed by atoms with E-state index in [2.05, 4.69) is 4.98 Å². The highest BCUT2D eigenvalue weighted by molar-refractivity contribution is 7.85. The highest BCUT2D eigenvalue weighted by Gasteiger charge is 2.39. The summed E-state index contributed by atoms with van der Waals surface area (Å²) in [6, 6.07) is 8.76. The number of aromatic nitrogens is 1. The van der Waals surface area contributed by atoms with Crippen molar-refractivity contribution in [1.82, 2.24) is 9.88 Å². The fourth-order valence-corrected chi connectivity index (χ4v) is 4.62. The molecule has 3 atom stereocenters. The van der Waals surface area contributed by atoms with Gasteiger partial charge >= 0.3 is 6.18 Å². The summed E-state index contributed by atoms with van der Waals surface area (Å²) in [5, 5.41) is 18.3. The van der Waals surface area contributed by atoms with Crippen LogP contribution in [-0.4, -0.2) is 55.5 Å². The van der Waals surface area contributed by atoms with E-state index in [0.29, 0.717) is 18.7 Å². The number of halogens is 3. The van der Waals surface area contributed by atoms with Crippen molar-refractivity contribution >= 4 is 10.8 Å². The molecule has 6 nitrogen and oxygen atoms in total. The Labute approximate surface area is 168 Å². The van der Waals surface area contributed by atoms with E-state index in [-0.39, 0.29) is 19.8 Å². The Morgan fingerprint density at radius 3 is 2.66 bits per heavy atom. The summed E-state index contributed by atoms with van der Waals surface area (Å²) in [4.78, 5) is 5.33. The van der Waals surface area contributed by atoms with E-state index >= 15 is 0 Å². The second kappa shape index (κ2) is 9.21. The second-order valence-corrected chi connectivity index (χ2v) is 8.30. The molecule has 0 saturated carbocycles. The molecular weight excluding hydrogens is 409 g/mol. The van der Waals surface area contributed by atoms with Crippen LogP contribution in [0, 0.1) is 0 Å². The molecule has 10 heteroatoms. The molecule has 0 radical (unpaired) electrons. The third-order valence-electron chi connectivity index (χ3n) is 4.67. The van der Waals surface area contributed by atoms with E-state index in [0.717, 1.165) is 11.6 Å². The lowest BCUT2D eigenvalue weighted by Gasteiger charge is -2.23. The van der Waals surface area contributed by atoms with Crippen LogP contribution in [0.5, 0.6) is 5.75 Å². The van der Waals surface area contributed by atoms with Crippen molar-refractivity contribution in [3.8, 4) is 5.75 Å². The number of rotatable bonds is 7. The first-order chi connectivity index (χ1) is 13.8. The highest BCUT2D eigenvalue weighted by atomic mass is 32.2. The minimum atomic E-state index is -4.63. The Morgan fingerprint density at radius 1 is 1.28 bits per heavy atom. The first-order valence-corrected chi connectivity index (χ1v) is 10.2. The summed E-state index contributed by atoms with van der Waals surface area (Å²) in [6.07, 6.45) is -4.04. The van der Waals surface area contributed by atoms with Gasteiger partial charge in [-0.3, -0.25) is 9.11 Å². The Balaban J connectivity index is 1.58. The van der Waals surface area contributed by atoms with Crippen molar-refractivity contribution in [3.05, 3.63) is 53.7 Å². The first-order valence-electron chi connectivity index (χ1n) is 8.97. The summed E-state index contributed by atoms with van der Waals surface area (Å²) < 4.78 is 57.7. The second-order valence-electron chi connectivity index (χ2n) is 6.65. The minimum Gasteiger partial charge on any atom is -0.489 e. The Morgan fingerprint density at radius 2 is 2.00 bits per heavy atom. The average molecular weight is 430 g/mol. The van der Waals surface area contributed by atoms with Crippen LogP contribution in [0.3, 0.4) is 0 Å². The van der Waals surface area contributed by atoms with Gasteiger partial charge in [0.1, 0.15) is 23.6 Å². The van der Waals surface area contributed by atoms with Crippen molar-refractivity contribution < 1.29 is 32.3 Å². The molecule has 1 unspecified atom stereocenters. The van der Waals surface area contributed by atoms with E-state index in [9.17, 15) is 22.5 Å². The van der Waals surface area contributed by atoms with E-state index in [4.69, 9.17) is 9.84 Å². The van der Waals surface area contributed by atoms with Gasteiger partial charge in [0, 0.05) is 19.3 Å². The predicted molar refractivity (Wildman–Crippen MR) is 99.5 cm³/mol. The molecule has 2 heterocycles. The van der Waals surface area contributed by atoms with Gasteiger partial charge in [-0.15, -0.1) is 0 Å². The number of nitrogens with zero attached hydrogens (tertiary/aromatic N) is 2. The monoisotopic (exact) mass is 430 g/mol. The van der Waals surface area contributed by atoms with Gasteiger partial charge in [0.25, 0.3) is 0 Å². The van der Waals surface area contributed by atoms with Crippen molar-refractivity contribution in [2.45, 2.75) is 35.7 Å². The van der Waals surface area contributed by atoms with E-state index in [1.807, 2.05) is 0 Å². The topological polar surface area (TPSA) is 82.9 Å². The predicted octanol–water partition coefficient (Wildman–Crippen LogP) is 2.17. The van der Waals surface area contributed by atoms with Crippen LogP contribution < -0.4 is 4.74 Å². The third kappa shape index (κ3) is 5.33. The smallest absolute Gasteiger partial charge is 0.419 e. The average Bonchev–Trinajstić information content (AvgIpc) is 3.21. The number of alkyl halides is 3. The summed E-state index contributed by atoms with van der Waals surface area (Å²) in [7, 11) is -1.95. The zero-order valence-electron chi connectivity index (χ0n) is 15.4. The van der Waals surface area contributed by atoms with Crippen molar-refractivity contribution in [3.63, 3.8) is 0 Å². The number of hydrogen-bond acceptors (Lipinski definition) is 6. The molecule has 1 aliphatic heterocycles. The van der Waals surface area contributed by atoms with Crippen LogP contribution in [0.1, 0.15) is 17.5 Å². The van der Waals surface area contributed by atoms with E-state index < -0.39 is 39.0 Å². The third-order valence-corrected chi connectivity index (χ3v) is 6.37. The molecule has 1 fully saturated rings. The summed E-state index contributed by atoms with van der Waals surface area (Å²) >= 11 is 0. The molecule has 2 N–H and O–H groups in total. The van der Waals surface area contributed by atoms with Crippen LogP contribution >= 0.6 is 0 Å². The largest absolute Gasteiger partial charge is 0.489 e. The molecular formula is C19H21F3N2O4S. The fourth-order valence-electron chi connectivity index (χ4n) is 3.09. The zero-order valence-corrected chi connectivity index (χ0v) is 16.2. The van der Waals surface area contributed by atoms with Gasteiger partial charge in [0.2, 0.25) is 0 Å². The number of aliphatic hydroxyl groups is 2. The zero-order chi connectivity index (χ0) is 21.0. The Kier molecular flexibility index (Phi) is 6.89. The quantitative estimate of drug-likeness (QED) is 0.701. The van der Waals surface area contributed by atoms with Gasteiger partial charge in [-0.2, -0.15) is 13.2 Å². The molecule has 0 spiro atoms. The molecule has 158 valence electrons. The maximum Gasteiger partial charge on any atom is 0.419 e. The van der Waals surface area contributed by atoms with Crippen LogP contribution in [-0.2, 0) is 23.6 Å². The van der Waals surface area contributed by atoms with Crippen LogP contribution in [0.4, 0.5) is 13.2 Å². The van der Waals surface area contributed by atoms with Gasteiger partial charge in [0.15, 0.2) is 0 Å². The number of ether oxygens (including phenoxy) is 1. The van der Waals surface area contributed by atoms with Gasteiger partial charge in [-0.1, -0.05) is 12.1 Å².